The summed E-state index contributed by atoms with van der Waals surface area (Å²) in [6.45, 7) is 2.31. The summed E-state index contributed by atoms with van der Waals surface area (Å²) in [5.74, 6) is 0.473. The molecule has 4 nitrogen and oxygen atoms in total. The van der Waals surface area contributed by atoms with Gasteiger partial charge in [-0.2, -0.15) is 0 Å². The van der Waals surface area contributed by atoms with E-state index in [4.69, 9.17) is 0 Å². The fraction of sp³-hybridized carbons (Fsp3) is 0.0746. The summed E-state index contributed by atoms with van der Waals surface area (Å²) in [6.07, 6.45) is 13.6. The van der Waals surface area contributed by atoms with Gasteiger partial charge in [0.25, 0.3) is 0 Å². The number of anilines is 10. The fourth-order valence-electron chi connectivity index (χ4n) is 10.7. The predicted molar refractivity (Wildman–Crippen MR) is 302 cm³/mol. The van der Waals surface area contributed by atoms with Crippen molar-refractivity contribution in [3.05, 3.63) is 284 Å². The van der Waals surface area contributed by atoms with Gasteiger partial charge >= 0.3 is 0 Å². The van der Waals surface area contributed by atoms with Crippen LogP contribution in [-0.4, -0.2) is 6.04 Å². The zero-order valence-corrected chi connectivity index (χ0v) is 39.8. The lowest BCUT2D eigenvalue weighted by Gasteiger charge is -2.36. The molecule has 2 aliphatic carbocycles. The maximum absolute atomic E-state index is 2.51. The van der Waals surface area contributed by atoms with Crippen molar-refractivity contribution in [3.63, 3.8) is 0 Å². The van der Waals surface area contributed by atoms with Crippen LogP contribution in [0, 0.1) is 5.92 Å². The van der Waals surface area contributed by atoms with E-state index in [1.165, 1.54) is 38.4 Å². The number of hydrogen-bond donors (Lipinski definition) is 0. The van der Waals surface area contributed by atoms with Crippen molar-refractivity contribution >= 4 is 84.5 Å². The normalized spacial score (nSPS) is 15.0. The molecule has 10 aromatic carbocycles. The highest BCUT2D eigenvalue weighted by Crippen LogP contribution is 2.45. The van der Waals surface area contributed by atoms with E-state index < -0.39 is 0 Å². The SMILES string of the molecule is CC1C=Cc2cccc(N(c3ccccc3)c3ccc(N(c4ccc(N(c5ccccc5)c5cccc6ccccc56)cc4)C4C=CC(N(c5ccccc5)c5cccc6ccccc56)=CC4)cc3)c2C1. The van der Waals surface area contributed by atoms with Crippen LogP contribution in [0.5, 0.6) is 0 Å². The first-order valence-electron chi connectivity index (χ1n) is 24.8. The minimum Gasteiger partial charge on any atom is -0.334 e. The molecule has 0 bridgehead atoms. The van der Waals surface area contributed by atoms with Crippen molar-refractivity contribution in [2.45, 2.75) is 25.8 Å². The Kier molecular flexibility index (Phi) is 11.8. The quantitative estimate of drug-likeness (QED) is 0.121. The predicted octanol–water partition coefficient (Wildman–Crippen LogP) is 18.3. The van der Waals surface area contributed by atoms with Gasteiger partial charge in [-0.3, -0.25) is 0 Å². The summed E-state index contributed by atoms with van der Waals surface area (Å²) < 4.78 is 0. The minimum absolute atomic E-state index is 0.0310. The molecular weight excluding hydrogens is 861 g/mol. The molecule has 0 amide bonds. The lowest BCUT2D eigenvalue weighted by atomic mass is 9.89. The summed E-state index contributed by atoms with van der Waals surface area (Å²) in [4.78, 5) is 9.73. The average molecular weight is 915 g/mol. The Balaban J connectivity index is 0.953. The van der Waals surface area contributed by atoms with Crippen LogP contribution >= 0.6 is 0 Å². The molecule has 2 aliphatic rings. The van der Waals surface area contributed by atoms with Crippen LogP contribution in [0.25, 0.3) is 27.6 Å². The van der Waals surface area contributed by atoms with Crippen LogP contribution in [0.1, 0.15) is 24.5 Å². The first-order valence-corrected chi connectivity index (χ1v) is 24.8. The van der Waals surface area contributed by atoms with E-state index in [9.17, 15) is 0 Å². The van der Waals surface area contributed by atoms with Crippen LogP contribution in [0.15, 0.2) is 273 Å². The van der Waals surface area contributed by atoms with Gasteiger partial charge in [0.2, 0.25) is 0 Å². The lowest BCUT2D eigenvalue weighted by molar-refractivity contribution is 0.717. The molecule has 10 aromatic rings. The Labute approximate surface area is 417 Å². The average Bonchev–Trinajstić information content (AvgIpc) is 3.43. The summed E-state index contributed by atoms with van der Waals surface area (Å²) in [7, 11) is 0. The molecule has 0 aromatic heterocycles. The van der Waals surface area contributed by atoms with Crippen molar-refractivity contribution < 1.29 is 0 Å². The second kappa shape index (κ2) is 19.3. The van der Waals surface area contributed by atoms with Gasteiger partial charge < -0.3 is 19.6 Å². The molecule has 71 heavy (non-hydrogen) atoms. The van der Waals surface area contributed by atoms with Crippen LogP contribution in [-0.2, 0) is 6.42 Å². The smallest absolute Gasteiger partial charge is 0.0561 e. The van der Waals surface area contributed by atoms with E-state index in [0.29, 0.717) is 5.92 Å². The maximum Gasteiger partial charge on any atom is 0.0561 e. The molecule has 0 N–H and O–H groups in total. The summed E-state index contributed by atoms with van der Waals surface area (Å²) in [5, 5.41) is 4.86. The van der Waals surface area contributed by atoms with Gasteiger partial charge in [-0.15, -0.1) is 0 Å². The van der Waals surface area contributed by atoms with Gasteiger partial charge in [0.15, 0.2) is 0 Å². The monoisotopic (exact) mass is 914 g/mol. The molecule has 0 radical (unpaired) electrons. The number of para-hydroxylation sites is 3. The number of nitrogens with zero attached hydrogens (tertiary/aromatic N) is 4. The van der Waals surface area contributed by atoms with Crippen molar-refractivity contribution in [2.24, 2.45) is 5.92 Å². The Hall–Kier alpha value is -8.86. The summed E-state index contributed by atoms with van der Waals surface area (Å²) >= 11 is 0. The van der Waals surface area contributed by atoms with E-state index in [1.807, 2.05) is 0 Å². The molecule has 0 spiro atoms. The highest BCUT2D eigenvalue weighted by Gasteiger charge is 2.26. The minimum atomic E-state index is 0.0310. The Bertz CT molecular complexity index is 3550. The van der Waals surface area contributed by atoms with Gasteiger partial charge in [-0.1, -0.05) is 171 Å². The van der Waals surface area contributed by atoms with Gasteiger partial charge in [-0.25, -0.2) is 0 Å². The third-order valence-electron chi connectivity index (χ3n) is 14.0. The molecule has 0 aliphatic heterocycles. The van der Waals surface area contributed by atoms with E-state index in [2.05, 4.69) is 300 Å². The first kappa shape index (κ1) is 43.4. The topological polar surface area (TPSA) is 13.0 Å². The van der Waals surface area contributed by atoms with E-state index in [1.54, 1.807) is 0 Å². The number of hydrogen-bond acceptors (Lipinski definition) is 4. The summed E-state index contributed by atoms with van der Waals surface area (Å²) in [6, 6.07) is 87.9. The van der Waals surface area contributed by atoms with Crippen molar-refractivity contribution in [1.82, 2.24) is 0 Å². The molecular formula is C67H54N4. The third kappa shape index (κ3) is 8.55. The molecule has 4 heteroatoms. The van der Waals surface area contributed by atoms with E-state index in [-0.39, 0.29) is 6.04 Å². The zero-order valence-electron chi connectivity index (χ0n) is 39.8. The van der Waals surface area contributed by atoms with Crippen LogP contribution in [0.3, 0.4) is 0 Å². The van der Waals surface area contributed by atoms with Crippen molar-refractivity contribution in [2.75, 3.05) is 19.6 Å². The maximum atomic E-state index is 2.51. The lowest BCUT2D eigenvalue weighted by Crippen LogP contribution is -2.31. The molecule has 342 valence electrons. The summed E-state index contributed by atoms with van der Waals surface area (Å²) in [5.41, 5.74) is 15.2. The van der Waals surface area contributed by atoms with Gasteiger partial charge in [0.1, 0.15) is 0 Å². The second-order valence-electron chi connectivity index (χ2n) is 18.6. The molecule has 0 heterocycles. The molecule has 12 rings (SSSR count). The van der Waals surface area contributed by atoms with Crippen molar-refractivity contribution in [3.8, 4) is 0 Å². The van der Waals surface area contributed by atoms with Gasteiger partial charge in [-0.05, 0) is 150 Å². The number of fused-ring (bicyclic) bond motifs is 3. The van der Waals surface area contributed by atoms with Crippen LogP contribution < -0.4 is 19.6 Å². The van der Waals surface area contributed by atoms with Crippen molar-refractivity contribution in [1.29, 1.82) is 0 Å². The zero-order chi connectivity index (χ0) is 47.5. The largest absolute Gasteiger partial charge is 0.334 e. The highest BCUT2D eigenvalue weighted by atomic mass is 15.2. The first-order chi connectivity index (χ1) is 35.1. The molecule has 0 fully saturated rings. The van der Waals surface area contributed by atoms with E-state index in [0.717, 1.165) is 69.7 Å². The Morgan fingerprint density at radius 1 is 0.352 bits per heavy atom. The number of allylic oxidation sites excluding steroid dienone is 2. The number of benzene rings is 10. The van der Waals surface area contributed by atoms with Gasteiger partial charge in [0, 0.05) is 62.0 Å². The molecule has 0 saturated carbocycles. The third-order valence-corrected chi connectivity index (χ3v) is 14.0. The van der Waals surface area contributed by atoms with Crippen LogP contribution in [0.4, 0.5) is 56.9 Å². The Morgan fingerprint density at radius 3 is 1.31 bits per heavy atom. The van der Waals surface area contributed by atoms with Crippen LogP contribution in [0.2, 0.25) is 0 Å². The van der Waals surface area contributed by atoms with E-state index >= 15 is 0 Å². The molecule has 2 atom stereocenters. The standard InChI is InChI=1S/C67H54N4/c1-49-34-35-52-22-17-33-67(64(52)48-49)71(55-27-9-4-10-28-55)61-46-40-58(41-47-61)68(56-36-42-59(43-37-56)69(53-23-5-2-6-24-53)65-31-15-20-50-18-11-13-29-62(50)65)57-38-44-60(45-39-57)70(54-25-7-3-8-26-54)66-32-16-21-51-19-12-14-30-63(51)66/h2-38,40-47,49,57H,39,48H2,1H3. The molecule has 0 saturated heterocycles. The molecule has 2 unspecified atom stereocenters. The Morgan fingerprint density at radius 2 is 0.775 bits per heavy atom. The number of rotatable bonds is 12. The van der Waals surface area contributed by atoms with Gasteiger partial charge in [0.05, 0.1) is 17.4 Å². The highest BCUT2D eigenvalue weighted by molar-refractivity contribution is 6.00. The fourth-order valence-corrected chi connectivity index (χ4v) is 10.7. The second-order valence-corrected chi connectivity index (χ2v) is 18.6.